The molecule has 1 aliphatic rings. The van der Waals surface area contributed by atoms with Gasteiger partial charge in [0.2, 0.25) is 0 Å². The summed E-state index contributed by atoms with van der Waals surface area (Å²) in [6.45, 7) is 5.60. The maximum Gasteiger partial charge on any atom is 0.262 e. The Morgan fingerprint density at radius 2 is 1.62 bits per heavy atom. The van der Waals surface area contributed by atoms with E-state index in [2.05, 4.69) is 28.2 Å². The van der Waals surface area contributed by atoms with E-state index in [1.807, 2.05) is 26.0 Å². The molecule has 0 fully saturated rings. The number of amides is 1. The van der Waals surface area contributed by atoms with E-state index in [-0.39, 0.29) is 16.8 Å². The molecule has 0 saturated heterocycles. The predicted octanol–water partition coefficient (Wildman–Crippen LogP) is 5.08. The van der Waals surface area contributed by atoms with Crippen LogP contribution in [0.2, 0.25) is 0 Å². The van der Waals surface area contributed by atoms with Crippen LogP contribution in [0.1, 0.15) is 57.6 Å². The van der Waals surface area contributed by atoms with Gasteiger partial charge in [0.15, 0.2) is 0 Å². The minimum atomic E-state index is -3.83. The average molecular weight is 449 g/mol. The molecule has 0 heterocycles. The van der Waals surface area contributed by atoms with E-state index >= 15 is 0 Å². The predicted molar refractivity (Wildman–Crippen MR) is 128 cm³/mol. The van der Waals surface area contributed by atoms with Crippen molar-refractivity contribution in [1.82, 2.24) is 5.32 Å². The van der Waals surface area contributed by atoms with Crippen molar-refractivity contribution in [3.8, 4) is 0 Å². The molecule has 4 rings (SSSR count). The van der Waals surface area contributed by atoms with E-state index in [0.717, 1.165) is 24.0 Å². The molecular formula is C26H28N2O3S. The fourth-order valence-electron chi connectivity index (χ4n) is 4.09. The van der Waals surface area contributed by atoms with Gasteiger partial charge < -0.3 is 5.32 Å². The normalized spacial score (nSPS) is 14.0. The van der Waals surface area contributed by atoms with Crippen LogP contribution >= 0.6 is 0 Å². The van der Waals surface area contributed by atoms with Gasteiger partial charge in [-0.1, -0.05) is 42.0 Å². The zero-order valence-corrected chi connectivity index (χ0v) is 19.4. The number of rotatable bonds is 6. The molecule has 1 amide bonds. The number of hydrogen-bond acceptors (Lipinski definition) is 3. The number of benzene rings is 3. The van der Waals surface area contributed by atoms with Gasteiger partial charge >= 0.3 is 0 Å². The molecule has 0 aliphatic heterocycles. The molecule has 0 bridgehead atoms. The second kappa shape index (κ2) is 8.79. The number of hydrogen-bond donors (Lipinski definition) is 2. The smallest absolute Gasteiger partial charge is 0.262 e. The molecule has 5 nitrogen and oxygen atoms in total. The van der Waals surface area contributed by atoms with Crippen molar-refractivity contribution >= 4 is 21.6 Å². The number of aryl methyl sites for hydroxylation is 4. The Kier molecular flexibility index (Phi) is 6.07. The second-order valence-corrected chi connectivity index (χ2v) is 10.2. The highest BCUT2D eigenvalue weighted by molar-refractivity contribution is 7.92. The first kappa shape index (κ1) is 22.1. The van der Waals surface area contributed by atoms with Crippen LogP contribution in [-0.4, -0.2) is 14.3 Å². The summed E-state index contributed by atoms with van der Waals surface area (Å²) < 4.78 is 28.6. The molecule has 3 aromatic carbocycles. The molecule has 1 aliphatic carbocycles. The molecule has 166 valence electrons. The highest BCUT2D eigenvalue weighted by atomic mass is 32.2. The first-order valence-electron chi connectivity index (χ1n) is 10.9. The third-order valence-electron chi connectivity index (χ3n) is 6.01. The van der Waals surface area contributed by atoms with Crippen molar-refractivity contribution < 1.29 is 13.2 Å². The molecule has 0 aromatic heterocycles. The largest absolute Gasteiger partial charge is 0.346 e. The third-order valence-corrected chi connectivity index (χ3v) is 7.54. The molecule has 0 unspecified atom stereocenters. The first-order chi connectivity index (χ1) is 15.2. The molecule has 6 heteroatoms. The standard InChI is InChI=1S/C26H28N2O3S/c1-17-7-13-24(14-8-17)28-32(30,31)25-16-23(10-9-18(25)2)26(29)27-19(3)21-12-11-20-5-4-6-22(20)15-21/h7-16,19,28H,4-6H2,1-3H3,(H,27,29)/t19-/m1/s1. The van der Waals surface area contributed by atoms with Gasteiger partial charge in [-0.05, 0) is 86.6 Å². The minimum absolute atomic E-state index is 0.0934. The van der Waals surface area contributed by atoms with Crippen molar-refractivity contribution in [2.75, 3.05) is 4.72 Å². The zero-order valence-electron chi connectivity index (χ0n) is 18.6. The monoisotopic (exact) mass is 448 g/mol. The Balaban J connectivity index is 1.53. The summed E-state index contributed by atoms with van der Waals surface area (Å²) in [5.41, 5.74) is 6.22. The summed E-state index contributed by atoms with van der Waals surface area (Å²) in [6.07, 6.45) is 3.38. The van der Waals surface area contributed by atoms with Gasteiger partial charge in [-0.15, -0.1) is 0 Å². The molecular weight excluding hydrogens is 420 g/mol. The molecule has 2 N–H and O–H groups in total. The lowest BCUT2D eigenvalue weighted by molar-refractivity contribution is 0.0939. The van der Waals surface area contributed by atoms with Gasteiger partial charge in [-0.25, -0.2) is 8.42 Å². The lowest BCUT2D eigenvalue weighted by atomic mass is 10.0. The van der Waals surface area contributed by atoms with E-state index in [0.29, 0.717) is 16.8 Å². The number of sulfonamides is 1. The maximum atomic E-state index is 13.0. The van der Waals surface area contributed by atoms with E-state index in [9.17, 15) is 13.2 Å². The molecule has 32 heavy (non-hydrogen) atoms. The number of fused-ring (bicyclic) bond motifs is 1. The van der Waals surface area contributed by atoms with E-state index < -0.39 is 10.0 Å². The number of nitrogens with one attached hydrogen (secondary N) is 2. The van der Waals surface area contributed by atoms with E-state index in [1.54, 1.807) is 31.2 Å². The van der Waals surface area contributed by atoms with Crippen molar-refractivity contribution in [1.29, 1.82) is 0 Å². The van der Waals surface area contributed by atoms with Gasteiger partial charge in [0.1, 0.15) is 0 Å². The van der Waals surface area contributed by atoms with Crippen molar-refractivity contribution in [3.05, 3.63) is 94.0 Å². The van der Waals surface area contributed by atoms with Crippen LogP contribution in [0.5, 0.6) is 0 Å². The summed E-state index contributed by atoms with van der Waals surface area (Å²) >= 11 is 0. The topological polar surface area (TPSA) is 75.3 Å². The Morgan fingerprint density at radius 3 is 2.38 bits per heavy atom. The quantitative estimate of drug-likeness (QED) is 0.552. The molecule has 0 saturated carbocycles. The van der Waals surface area contributed by atoms with Crippen LogP contribution < -0.4 is 10.0 Å². The summed E-state index contributed by atoms with van der Waals surface area (Å²) in [5.74, 6) is -0.301. The number of carbonyl (C=O) groups is 1. The van der Waals surface area contributed by atoms with Gasteiger partial charge in [0.25, 0.3) is 15.9 Å². The highest BCUT2D eigenvalue weighted by Crippen LogP contribution is 2.26. The van der Waals surface area contributed by atoms with Crippen molar-refractivity contribution in [3.63, 3.8) is 0 Å². The lowest BCUT2D eigenvalue weighted by Crippen LogP contribution is -2.27. The molecule has 1 atom stereocenters. The second-order valence-electron chi connectivity index (χ2n) is 8.53. The SMILES string of the molecule is Cc1ccc(NS(=O)(=O)c2cc(C(=O)N[C@H](C)c3ccc4c(c3)CCC4)ccc2C)cc1. The van der Waals surface area contributed by atoms with Gasteiger partial charge in [-0.3, -0.25) is 9.52 Å². The fraction of sp³-hybridized carbons (Fsp3) is 0.269. The van der Waals surface area contributed by atoms with Crippen LogP contribution in [0.25, 0.3) is 0 Å². The maximum absolute atomic E-state index is 13.0. The molecule has 0 spiro atoms. The summed E-state index contributed by atoms with van der Waals surface area (Å²) in [7, 11) is -3.83. The van der Waals surface area contributed by atoms with Crippen LogP contribution in [-0.2, 0) is 22.9 Å². The third kappa shape index (κ3) is 4.70. The van der Waals surface area contributed by atoms with Gasteiger partial charge in [0.05, 0.1) is 10.9 Å². The van der Waals surface area contributed by atoms with Crippen LogP contribution in [0, 0.1) is 13.8 Å². The van der Waals surface area contributed by atoms with E-state index in [1.165, 1.54) is 23.6 Å². The average Bonchev–Trinajstić information content (AvgIpc) is 3.23. The Morgan fingerprint density at radius 1 is 0.906 bits per heavy atom. The molecule has 0 radical (unpaired) electrons. The van der Waals surface area contributed by atoms with Gasteiger partial charge in [-0.2, -0.15) is 0 Å². The molecule has 3 aromatic rings. The highest BCUT2D eigenvalue weighted by Gasteiger charge is 2.21. The number of anilines is 1. The van der Waals surface area contributed by atoms with Crippen LogP contribution in [0.4, 0.5) is 5.69 Å². The Labute approximate surface area is 189 Å². The lowest BCUT2D eigenvalue weighted by Gasteiger charge is -2.17. The van der Waals surface area contributed by atoms with Gasteiger partial charge in [0, 0.05) is 11.3 Å². The minimum Gasteiger partial charge on any atom is -0.346 e. The summed E-state index contributed by atoms with van der Waals surface area (Å²) in [6, 6.07) is 18.1. The van der Waals surface area contributed by atoms with Crippen LogP contribution in [0.3, 0.4) is 0 Å². The Bertz CT molecular complexity index is 1260. The zero-order chi connectivity index (χ0) is 22.9. The van der Waals surface area contributed by atoms with Crippen LogP contribution in [0.15, 0.2) is 65.6 Å². The van der Waals surface area contributed by atoms with Crippen molar-refractivity contribution in [2.24, 2.45) is 0 Å². The van der Waals surface area contributed by atoms with E-state index in [4.69, 9.17) is 0 Å². The first-order valence-corrected chi connectivity index (χ1v) is 12.3. The fourth-order valence-corrected chi connectivity index (χ4v) is 5.42. The summed E-state index contributed by atoms with van der Waals surface area (Å²) in [4.78, 5) is 13.0. The summed E-state index contributed by atoms with van der Waals surface area (Å²) in [5, 5.41) is 3.00. The van der Waals surface area contributed by atoms with Crippen molar-refractivity contribution in [2.45, 2.75) is 51.0 Å². The number of carbonyl (C=O) groups excluding carboxylic acids is 1. The Hall–Kier alpha value is -3.12.